The number of hydrogen-bond acceptors (Lipinski definition) is 4. The highest BCUT2D eigenvalue weighted by atomic mass is 32.1. The Labute approximate surface area is 389 Å². The number of benzene rings is 10. The molecular weight excluding hydrogens is 835 g/mol. The number of thiophene rings is 1. The molecule has 0 amide bonds. The highest BCUT2D eigenvalue weighted by Crippen LogP contribution is 2.45. The van der Waals surface area contributed by atoms with Gasteiger partial charge in [-0.05, 0) is 94.7 Å². The van der Waals surface area contributed by atoms with Crippen LogP contribution in [0.4, 0.5) is 0 Å². The zero-order valence-corrected chi connectivity index (χ0v) is 36.8. The third-order valence-electron chi connectivity index (χ3n) is 13.4. The number of para-hydroxylation sites is 4. The Kier molecular flexibility index (Phi) is 8.38. The molecule has 4 aromatic heterocycles. The number of nitrogens with zero attached hydrogens (tertiary/aromatic N) is 5. The second-order valence-electron chi connectivity index (χ2n) is 17.1. The minimum absolute atomic E-state index is 0.606. The Balaban J connectivity index is 1.08. The molecule has 0 bridgehead atoms. The minimum Gasteiger partial charge on any atom is -0.309 e. The molecule has 0 spiro atoms. The molecule has 5 nitrogen and oxygen atoms in total. The first kappa shape index (κ1) is 37.6. The molecule has 0 fully saturated rings. The van der Waals surface area contributed by atoms with Gasteiger partial charge >= 0.3 is 0 Å². The van der Waals surface area contributed by atoms with Gasteiger partial charge in [-0.2, -0.15) is 0 Å². The van der Waals surface area contributed by atoms with E-state index < -0.39 is 0 Å². The van der Waals surface area contributed by atoms with E-state index in [0.29, 0.717) is 17.5 Å². The fourth-order valence-corrected chi connectivity index (χ4v) is 11.5. The lowest BCUT2D eigenvalue weighted by molar-refractivity contribution is 1.07. The van der Waals surface area contributed by atoms with E-state index in [2.05, 4.69) is 215 Å². The molecule has 0 N–H and O–H groups in total. The summed E-state index contributed by atoms with van der Waals surface area (Å²) in [6, 6.07) is 80.3. The van der Waals surface area contributed by atoms with Crippen molar-refractivity contribution in [2.75, 3.05) is 0 Å². The van der Waals surface area contributed by atoms with E-state index in [1.165, 1.54) is 47.1 Å². The maximum absolute atomic E-state index is 5.56. The maximum atomic E-state index is 5.56. The summed E-state index contributed by atoms with van der Waals surface area (Å²) in [6.07, 6.45) is 0. The van der Waals surface area contributed by atoms with Gasteiger partial charge in [0.05, 0.1) is 22.1 Å². The highest BCUT2D eigenvalue weighted by molar-refractivity contribution is 7.25. The lowest BCUT2D eigenvalue weighted by Gasteiger charge is -2.17. The molecule has 67 heavy (non-hydrogen) atoms. The van der Waals surface area contributed by atoms with E-state index in [0.717, 1.165) is 66.6 Å². The molecule has 0 aliphatic heterocycles. The average Bonchev–Trinajstić information content (AvgIpc) is 4.06. The molecule has 312 valence electrons. The molecule has 0 saturated carbocycles. The van der Waals surface area contributed by atoms with Gasteiger partial charge in [-0.1, -0.05) is 152 Å². The molecule has 0 aliphatic rings. The summed E-state index contributed by atoms with van der Waals surface area (Å²) in [7, 11) is 0. The first-order valence-electron chi connectivity index (χ1n) is 22.6. The molecule has 14 rings (SSSR count). The van der Waals surface area contributed by atoms with Crippen molar-refractivity contribution in [3.63, 3.8) is 0 Å². The number of hydrogen-bond donors (Lipinski definition) is 0. The summed E-state index contributed by atoms with van der Waals surface area (Å²) in [4.78, 5) is 16.3. The van der Waals surface area contributed by atoms with Crippen molar-refractivity contribution in [2.24, 2.45) is 0 Å². The van der Waals surface area contributed by atoms with Crippen molar-refractivity contribution in [1.29, 1.82) is 0 Å². The van der Waals surface area contributed by atoms with Crippen LogP contribution in [0.3, 0.4) is 0 Å². The minimum atomic E-state index is 0.606. The fourth-order valence-electron chi connectivity index (χ4n) is 10.4. The lowest BCUT2D eigenvalue weighted by Crippen LogP contribution is -2.03. The molecule has 0 radical (unpaired) electrons. The van der Waals surface area contributed by atoms with Crippen LogP contribution in [-0.4, -0.2) is 24.1 Å². The molecular formula is C61H37N5S. The van der Waals surface area contributed by atoms with Gasteiger partial charge in [0.1, 0.15) is 0 Å². The van der Waals surface area contributed by atoms with Crippen LogP contribution in [0.2, 0.25) is 0 Å². The Bertz CT molecular complexity index is 4280. The third-order valence-corrected chi connectivity index (χ3v) is 14.5. The first-order valence-corrected chi connectivity index (χ1v) is 23.4. The van der Waals surface area contributed by atoms with Gasteiger partial charge in [-0.15, -0.1) is 11.3 Å². The second-order valence-corrected chi connectivity index (χ2v) is 18.2. The van der Waals surface area contributed by atoms with Crippen molar-refractivity contribution >= 4 is 85.9 Å². The summed E-state index contributed by atoms with van der Waals surface area (Å²) in [5.74, 6) is 1.83. The summed E-state index contributed by atoms with van der Waals surface area (Å²) in [6.45, 7) is 0. The topological polar surface area (TPSA) is 48.5 Å². The summed E-state index contributed by atoms with van der Waals surface area (Å²) < 4.78 is 7.27. The van der Waals surface area contributed by atoms with E-state index in [4.69, 9.17) is 15.0 Å². The fraction of sp³-hybridized carbons (Fsp3) is 0. The molecule has 0 saturated heterocycles. The monoisotopic (exact) mass is 871 g/mol. The van der Waals surface area contributed by atoms with Gasteiger partial charge < -0.3 is 9.13 Å². The van der Waals surface area contributed by atoms with E-state index in [9.17, 15) is 0 Å². The van der Waals surface area contributed by atoms with Gasteiger partial charge in [-0.3, -0.25) is 0 Å². The van der Waals surface area contributed by atoms with E-state index in [1.807, 2.05) is 29.5 Å². The quantitative estimate of drug-likeness (QED) is 0.167. The zero-order valence-electron chi connectivity index (χ0n) is 36.0. The van der Waals surface area contributed by atoms with Gasteiger partial charge in [0.2, 0.25) is 0 Å². The van der Waals surface area contributed by atoms with Crippen LogP contribution >= 0.6 is 11.3 Å². The highest BCUT2D eigenvalue weighted by Gasteiger charge is 2.23. The molecule has 0 atom stereocenters. The Hall–Kier alpha value is -8.71. The summed E-state index contributed by atoms with van der Waals surface area (Å²) >= 11 is 1.83. The second kappa shape index (κ2) is 14.9. The van der Waals surface area contributed by atoms with Crippen molar-refractivity contribution in [3.05, 3.63) is 224 Å². The van der Waals surface area contributed by atoms with Crippen molar-refractivity contribution < 1.29 is 0 Å². The Morgan fingerprint density at radius 3 is 1.70 bits per heavy atom. The zero-order chi connectivity index (χ0) is 44.0. The maximum Gasteiger partial charge on any atom is 0.166 e. The van der Waals surface area contributed by atoms with Gasteiger partial charge in [0, 0.05) is 69.8 Å². The molecule has 14 aromatic rings. The van der Waals surface area contributed by atoms with Crippen molar-refractivity contribution in [1.82, 2.24) is 24.1 Å². The summed E-state index contributed by atoms with van der Waals surface area (Å²) in [5.41, 5.74) is 11.6. The van der Waals surface area contributed by atoms with Crippen LogP contribution in [0, 0.1) is 0 Å². The molecule has 4 heterocycles. The molecule has 0 aliphatic carbocycles. The van der Waals surface area contributed by atoms with E-state index in [1.54, 1.807) is 0 Å². The predicted octanol–water partition coefficient (Wildman–Crippen LogP) is 16.3. The SMILES string of the molecule is c1ccc(-c2nc(-c3ccc(-n4c5ccccc5c5cc6ccccc6cc54)cc3-c3cccc4sc5ccccc5c34)nc(-c3cccc4c5ccccc5n(-c5ccccc5)c34)n2)cc1. The van der Waals surface area contributed by atoms with Crippen LogP contribution in [0.5, 0.6) is 0 Å². The van der Waals surface area contributed by atoms with Crippen LogP contribution in [-0.2, 0) is 0 Å². The smallest absolute Gasteiger partial charge is 0.166 e. The average molecular weight is 872 g/mol. The number of rotatable bonds is 6. The standard InChI is InChI=1S/C61H37N5S/c1-3-17-38(18-4-1)59-62-60(64-61(63-59)49-28-15-27-46-43-23-9-13-30-53(43)66(58(46)49)41-21-5-2-6-22-41)47-34-33-42(37-50(47)45-26-16-32-56-57(45)48-25-11-14-31-55(48)67-56)65-52-29-12-10-24-44(52)51-35-39-19-7-8-20-40(39)36-54(51)65/h1-37H. The first-order chi connectivity index (χ1) is 33.2. The van der Waals surface area contributed by atoms with Gasteiger partial charge in [0.25, 0.3) is 0 Å². The third kappa shape index (κ3) is 5.90. The molecule has 10 aromatic carbocycles. The van der Waals surface area contributed by atoms with Crippen LogP contribution in [0.1, 0.15) is 0 Å². The predicted molar refractivity (Wildman–Crippen MR) is 281 cm³/mol. The van der Waals surface area contributed by atoms with Crippen LogP contribution in [0.25, 0.3) is 131 Å². The molecule has 0 unspecified atom stereocenters. The molecule has 6 heteroatoms. The van der Waals surface area contributed by atoms with E-state index in [-0.39, 0.29) is 0 Å². The van der Waals surface area contributed by atoms with Crippen LogP contribution < -0.4 is 0 Å². The van der Waals surface area contributed by atoms with Gasteiger partial charge in [-0.25, -0.2) is 15.0 Å². The van der Waals surface area contributed by atoms with E-state index >= 15 is 0 Å². The Morgan fingerprint density at radius 1 is 0.313 bits per heavy atom. The van der Waals surface area contributed by atoms with Crippen molar-refractivity contribution in [2.45, 2.75) is 0 Å². The normalized spacial score (nSPS) is 11.9. The lowest BCUT2D eigenvalue weighted by atomic mass is 9.94. The number of fused-ring (bicyclic) bond motifs is 10. The Morgan fingerprint density at radius 2 is 0.896 bits per heavy atom. The van der Waals surface area contributed by atoms with Crippen LogP contribution in [0.15, 0.2) is 224 Å². The summed E-state index contributed by atoms with van der Waals surface area (Å²) in [5, 5.41) is 9.65. The number of aromatic nitrogens is 5. The van der Waals surface area contributed by atoms with Gasteiger partial charge in [0.15, 0.2) is 17.5 Å². The largest absolute Gasteiger partial charge is 0.309 e. The van der Waals surface area contributed by atoms with Crippen molar-refractivity contribution in [3.8, 4) is 56.7 Å².